The van der Waals surface area contributed by atoms with E-state index in [1.165, 1.54) is 25.3 Å². The maximum atomic E-state index is 12.5. The third-order valence-electron chi connectivity index (χ3n) is 5.55. The fraction of sp³-hybridized carbons (Fsp3) is 0.292. The highest BCUT2D eigenvalue weighted by atomic mass is 16.5. The third kappa shape index (κ3) is 4.94. The zero-order chi connectivity index (χ0) is 21.8. The van der Waals surface area contributed by atoms with E-state index in [0.29, 0.717) is 11.6 Å². The predicted molar refractivity (Wildman–Crippen MR) is 121 cm³/mol. The van der Waals surface area contributed by atoms with Gasteiger partial charge in [-0.1, -0.05) is 18.6 Å². The van der Waals surface area contributed by atoms with Crippen LogP contribution in [0.25, 0.3) is 17.1 Å². The number of hydrogen-bond donors (Lipinski definition) is 3. The summed E-state index contributed by atoms with van der Waals surface area (Å²) in [7, 11) is 1.60. The first-order valence-corrected chi connectivity index (χ1v) is 10.4. The topological polar surface area (TPSA) is 96.1 Å². The molecule has 7 nitrogen and oxygen atoms in total. The Morgan fingerprint density at radius 1 is 1.19 bits per heavy atom. The van der Waals surface area contributed by atoms with Crippen molar-refractivity contribution in [1.29, 1.82) is 0 Å². The van der Waals surface area contributed by atoms with Crippen LogP contribution in [0.3, 0.4) is 0 Å². The summed E-state index contributed by atoms with van der Waals surface area (Å²) in [4.78, 5) is 32.7. The van der Waals surface area contributed by atoms with Crippen LogP contribution >= 0.6 is 0 Å². The molecule has 7 heteroatoms. The van der Waals surface area contributed by atoms with E-state index in [0.717, 1.165) is 28.2 Å². The third-order valence-corrected chi connectivity index (χ3v) is 5.55. The second-order valence-electron chi connectivity index (χ2n) is 7.81. The van der Waals surface area contributed by atoms with Gasteiger partial charge in [0.05, 0.1) is 18.1 Å². The zero-order valence-electron chi connectivity index (χ0n) is 17.6. The standard InChI is InChI=1S/C24H26N4O3/c1-15(25-22(29)13-8-16-6-10-19(31-2)11-7-16)24(30)26-18-9-12-20-21(14-18)28-23(27-20)17-4-3-5-17/h6-15,17H,3-5H2,1-2H3,(H,25,29)(H,26,30)(H,27,28)/b13-8+. The molecule has 1 atom stereocenters. The van der Waals surface area contributed by atoms with Crippen LogP contribution in [0, 0.1) is 0 Å². The van der Waals surface area contributed by atoms with E-state index < -0.39 is 6.04 Å². The molecule has 2 aromatic carbocycles. The van der Waals surface area contributed by atoms with E-state index in [1.54, 1.807) is 20.1 Å². The van der Waals surface area contributed by atoms with Gasteiger partial charge in [0.1, 0.15) is 17.6 Å². The van der Waals surface area contributed by atoms with Crippen molar-refractivity contribution in [2.75, 3.05) is 12.4 Å². The van der Waals surface area contributed by atoms with Crippen LogP contribution in [0.4, 0.5) is 5.69 Å². The Balaban J connectivity index is 1.33. The molecule has 1 aliphatic rings. The molecule has 0 aliphatic heterocycles. The number of carbonyl (C=O) groups is 2. The Labute approximate surface area is 180 Å². The number of carbonyl (C=O) groups excluding carboxylic acids is 2. The smallest absolute Gasteiger partial charge is 0.246 e. The molecule has 3 N–H and O–H groups in total. The number of nitrogens with zero attached hydrogens (tertiary/aromatic N) is 1. The van der Waals surface area contributed by atoms with Crippen LogP contribution in [0.15, 0.2) is 48.5 Å². The van der Waals surface area contributed by atoms with Gasteiger partial charge in [-0.25, -0.2) is 4.98 Å². The summed E-state index contributed by atoms with van der Waals surface area (Å²) in [6.07, 6.45) is 6.69. The maximum Gasteiger partial charge on any atom is 0.246 e. The Hall–Kier alpha value is -3.61. The van der Waals surface area contributed by atoms with Crippen molar-refractivity contribution in [3.63, 3.8) is 0 Å². The van der Waals surface area contributed by atoms with E-state index in [1.807, 2.05) is 42.5 Å². The highest BCUT2D eigenvalue weighted by molar-refractivity contribution is 6.00. The second kappa shape index (κ2) is 9.04. The molecule has 3 aromatic rings. The monoisotopic (exact) mass is 418 g/mol. The van der Waals surface area contributed by atoms with E-state index >= 15 is 0 Å². The minimum atomic E-state index is -0.684. The van der Waals surface area contributed by atoms with Gasteiger partial charge in [0, 0.05) is 17.7 Å². The number of benzene rings is 2. The zero-order valence-corrected chi connectivity index (χ0v) is 17.6. The fourth-order valence-corrected chi connectivity index (χ4v) is 3.45. The van der Waals surface area contributed by atoms with E-state index in [-0.39, 0.29) is 11.8 Å². The lowest BCUT2D eigenvalue weighted by Crippen LogP contribution is -2.40. The van der Waals surface area contributed by atoms with Crippen molar-refractivity contribution in [2.45, 2.75) is 38.1 Å². The van der Waals surface area contributed by atoms with Crippen LogP contribution in [0.2, 0.25) is 0 Å². The molecule has 1 heterocycles. The van der Waals surface area contributed by atoms with Gasteiger partial charge in [-0.15, -0.1) is 0 Å². The number of methoxy groups -OCH3 is 1. The summed E-state index contributed by atoms with van der Waals surface area (Å²) in [5.74, 6) is 1.66. The van der Waals surface area contributed by atoms with Crippen molar-refractivity contribution in [2.24, 2.45) is 0 Å². The largest absolute Gasteiger partial charge is 0.497 e. The molecule has 0 spiro atoms. The molecule has 1 aliphatic carbocycles. The molecular formula is C24H26N4O3. The van der Waals surface area contributed by atoms with Crippen molar-refractivity contribution in [3.05, 3.63) is 59.9 Å². The first-order chi connectivity index (χ1) is 15.0. The highest BCUT2D eigenvalue weighted by Crippen LogP contribution is 2.35. The number of anilines is 1. The van der Waals surface area contributed by atoms with Gasteiger partial charge in [0.25, 0.3) is 0 Å². The van der Waals surface area contributed by atoms with Gasteiger partial charge in [0.15, 0.2) is 0 Å². The van der Waals surface area contributed by atoms with Crippen LogP contribution in [0.1, 0.15) is 43.5 Å². The Morgan fingerprint density at radius 3 is 2.65 bits per heavy atom. The quantitative estimate of drug-likeness (QED) is 0.506. The Kier molecular flexibility index (Phi) is 6.02. The number of hydrogen-bond acceptors (Lipinski definition) is 4. The van der Waals surface area contributed by atoms with Crippen molar-refractivity contribution in [1.82, 2.24) is 15.3 Å². The molecule has 0 radical (unpaired) electrons. The molecular weight excluding hydrogens is 392 g/mol. The number of amides is 2. The SMILES string of the molecule is COc1ccc(/C=C/C(=O)NC(C)C(=O)Nc2ccc3nc(C4CCC4)[nH]c3c2)cc1. The predicted octanol–water partition coefficient (Wildman–Crippen LogP) is 4.00. The molecule has 0 saturated heterocycles. The lowest BCUT2D eigenvalue weighted by atomic mass is 9.85. The molecule has 4 rings (SSSR count). The number of imidazole rings is 1. The minimum absolute atomic E-state index is 0.288. The highest BCUT2D eigenvalue weighted by Gasteiger charge is 2.22. The van der Waals surface area contributed by atoms with Crippen LogP contribution in [-0.2, 0) is 9.59 Å². The average molecular weight is 418 g/mol. The Bertz CT molecular complexity index is 1110. The second-order valence-corrected chi connectivity index (χ2v) is 7.81. The van der Waals surface area contributed by atoms with Crippen molar-refractivity contribution >= 4 is 34.6 Å². The molecule has 0 bridgehead atoms. The number of aromatic amines is 1. The number of aromatic nitrogens is 2. The first-order valence-electron chi connectivity index (χ1n) is 10.4. The average Bonchev–Trinajstić information content (AvgIpc) is 3.13. The maximum absolute atomic E-state index is 12.5. The van der Waals surface area contributed by atoms with E-state index in [2.05, 4.69) is 20.6 Å². The van der Waals surface area contributed by atoms with Crippen molar-refractivity contribution in [3.8, 4) is 5.75 Å². The van der Waals surface area contributed by atoms with E-state index in [9.17, 15) is 9.59 Å². The summed E-state index contributed by atoms with van der Waals surface area (Å²) in [5, 5.41) is 5.53. The van der Waals surface area contributed by atoms with Gasteiger partial charge in [0.2, 0.25) is 11.8 Å². The summed E-state index contributed by atoms with van der Waals surface area (Å²) in [6, 6.07) is 12.2. The number of nitrogens with one attached hydrogen (secondary N) is 3. The van der Waals surface area contributed by atoms with Gasteiger partial charge < -0.3 is 20.4 Å². The number of rotatable bonds is 7. The molecule has 1 aromatic heterocycles. The van der Waals surface area contributed by atoms with Gasteiger partial charge in [-0.2, -0.15) is 0 Å². The van der Waals surface area contributed by atoms with Crippen molar-refractivity contribution < 1.29 is 14.3 Å². The number of ether oxygens (including phenoxy) is 1. The first kappa shape index (κ1) is 20.7. The van der Waals surface area contributed by atoms with Crippen LogP contribution in [-0.4, -0.2) is 34.9 Å². The molecule has 2 amide bonds. The molecule has 31 heavy (non-hydrogen) atoms. The molecule has 160 valence electrons. The van der Waals surface area contributed by atoms with Gasteiger partial charge >= 0.3 is 0 Å². The van der Waals surface area contributed by atoms with Gasteiger partial charge in [-0.05, 0) is 61.7 Å². The number of H-pyrrole nitrogens is 1. The normalized spacial score (nSPS) is 14.9. The summed E-state index contributed by atoms with van der Waals surface area (Å²) in [6.45, 7) is 1.65. The van der Waals surface area contributed by atoms with E-state index in [4.69, 9.17) is 4.74 Å². The lowest BCUT2D eigenvalue weighted by Gasteiger charge is -2.22. The van der Waals surface area contributed by atoms with Crippen LogP contribution < -0.4 is 15.4 Å². The minimum Gasteiger partial charge on any atom is -0.497 e. The summed E-state index contributed by atoms with van der Waals surface area (Å²) >= 11 is 0. The number of fused-ring (bicyclic) bond motifs is 1. The molecule has 1 unspecified atom stereocenters. The van der Waals surface area contributed by atoms with Gasteiger partial charge in [-0.3, -0.25) is 9.59 Å². The summed E-state index contributed by atoms with van der Waals surface area (Å²) in [5.41, 5.74) is 3.32. The Morgan fingerprint density at radius 2 is 1.97 bits per heavy atom. The van der Waals surface area contributed by atoms with Crippen LogP contribution in [0.5, 0.6) is 5.75 Å². The molecule has 1 saturated carbocycles. The lowest BCUT2D eigenvalue weighted by molar-refractivity contribution is -0.123. The molecule has 1 fully saturated rings. The summed E-state index contributed by atoms with van der Waals surface area (Å²) < 4.78 is 5.11. The fourth-order valence-electron chi connectivity index (χ4n) is 3.45.